The fourth-order valence-corrected chi connectivity index (χ4v) is 3.06. The number of aryl methyl sites for hydroxylation is 3. The maximum absolute atomic E-state index is 11.2. The average Bonchev–Trinajstić information content (AvgIpc) is 2.37. The van der Waals surface area contributed by atoms with Gasteiger partial charge in [-0.15, -0.1) is 0 Å². The van der Waals surface area contributed by atoms with Crippen molar-refractivity contribution in [1.82, 2.24) is 0 Å². The van der Waals surface area contributed by atoms with Crippen molar-refractivity contribution in [2.24, 2.45) is 0 Å². The van der Waals surface area contributed by atoms with E-state index in [0.29, 0.717) is 12.4 Å². The average molecular weight is 325 g/mol. The zero-order valence-electron chi connectivity index (χ0n) is 12.2. The molecule has 0 saturated heterocycles. The molecule has 112 valence electrons. The number of hydrogen-bond acceptors (Lipinski definition) is 3. The van der Waals surface area contributed by atoms with Crippen LogP contribution in [-0.2, 0) is 15.7 Å². The third-order valence-electron chi connectivity index (χ3n) is 3.33. The number of halogens is 1. The molecule has 0 heterocycles. The van der Waals surface area contributed by atoms with Gasteiger partial charge in [-0.25, -0.2) is 8.42 Å². The van der Waals surface area contributed by atoms with Crippen molar-refractivity contribution in [3.63, 3.8) is 0 Å². The first-order chi connectivity index (χ1) is 9.77. The second-order valence-corrected chi connectivity index (χ2v) is 7.64. The van der Waals surface area contributed by atoms with Crippen molar-refractivity contribution < 1.29 is 13.2 Å². The molecule has 2 rings (SSSR count). The van der Waals surface area contributed by atoms with Gasteiger partial charge in [-0.05, 0) is 61.7 Å². The standard InChI is InChI=1S/C16H17ClO3S/c1-11-8-12(2)16(13(3)9-11)10-20-14-4-6-15(7-5-14)21(17,18)19/h4-9H,10H2,1-3H3. The van der Waals surface area contributed by atoms with Crippen LogP contribution in [0.1, 0.15) is 22.3 Å². The highest BCUT2D eigenvalue weighted by Crippen LogP contribution is 2.22. The fraction of sp³-hybridized carbons (Fsp3) is 0.250. The summed E-state index contributed by atoms with van der Waals surface area (Å²) >= 11 is 0. The first kappa shape index (κ1) is 15.9. The molecular formula is C16H17ClO3S. The third kappa shape index (κ3) is 3.99. The predicted molar refractivity (Wildman–Crippen MR) is 84.5 cm³/mol. The Labute approximate surface area is 129 Å². The van der Waals surface area contributed by atoms with Crippen molar-refractivity contribution >= 4 is 19.7 Å². The second-order valence-electron chi connectivity index (χ2n) is 5.08. The molecule has 0 aliphatic rings. The van der Waals surface area contributed by atoms with Crippen molar-refractivity contribution in [2.75, 3.05) is 0 Å². The van der Waals surface area contributed by atoms with E-state index in [2.05, 4.69) is 32.9 Å². The van der Waals surface area contributed by atoms with Crippen LogP contribution in [0.25, 0.3) is 0 Å². The van der Waals surface area contributed by atoms with Crippen LogP contribution in [0.4, 0.5) is 0 Å². The van der Waals surface area contributed by atoms with Crippen LogP contribution in [0.15, 0.2) is 41.3 Å². The molecule has 0 radical (unpaired) electrons. The van der Waals surface area contributed by atoms with Gasteiger partial charge in [0.1, 0.15) is 12.4 Å². The molecule has 0 aliphatic heterocycles. The summed E-state index contributed by atoms with van der Waals surface area (Å²) < 4.78 is 28.1. The number of ether oxygens (including phenoxy) is 1. The molecule has 0 spiro atoms. The molecule has 3 nitrogen and oxygen atoms in total. The molecule has 0 amide bonds. The van der Waals surface area contributed by atoms with E-state index in [9.17, 15) is 8.42 Å². The lowest BCUT2D eigenvalue weighted by Crippen LogP contribution is -2.01. The van der Waals surface area contributed by atoms with E-state index in [4.69, 9.17) is 15.4 Å². The van der Waals surface area contributed by atoms with E-state index >= 15 is 0 Å². The normalized spacial score (nSPS) is 11.4. The van der Waals surface area contributed by atoms with Crippen LogP contribution in [0.2, 0.25) is 0 Å². The van der Waals surface area contributed by atoms with Crippen molar-refractivity contribution in [1.29, 1.82) is 0 Å². The van der Waals surface area contributed by atoms with E-state index in [0.717, 1.165) is 5.56 Å². The minimum absolute atomic E-state index is 0.0687. The van der Waals surface area contributed by atoms with Crippen LogP contribution < -0.4 is 4.74 Å². The largest absolute Gasteiger partial charge is 0.489 e. The molecular weight excluding hydrogens is 308 g/mol. The van der Waals surface area contributed by atoms with Crippen molar-refractivity contribution in [3.05, 3.63) is 58.7 Å². The van der Waals surface area contributed by atoms with Crippen LogP contribution in [-0.4, -0.2) is 8.42 Å². The molecule has 21 heavy (non-hydrogen) atoms. The topological polar surface area (TPSA) is 43.4 Å². The van der Waals surface area contributed by atoms with E-state index in [-0.39, 0.29) is 4.90 Å². The first-order valence-electron chi connectivity index (χ1n) is 6.51. The highest BCUT2D eigenvalue weighted by Gasteiger charge is 2.10. The van der Waals surface area contributed by atoms with E-state index < -0.39 is 9.05 Å². The fourth-order valence-electron chi connectivity index (χ4n) is 2.29. The van der Waals surface area contributed by atoms with Crippen LogP contribution in [0, 0.1) is 20.8 Å². The molecule has 5 heteroatoms. The summed E-state index contributed by atoms with van der Waals surface area (Å²) in [6, 6.07) is 10.3. The Morgan fingerprint density at radius 2 is 1.52 bits per heavy atom. The number of hydrogen-bond donors (Lipinski definition) is 0. The highest BCUT2D eigenvalue weighted by molar-refractivity contribution is 8.13. The Morgan fingerprint density at radius 1 is 1.00 bits per heavy atom. The summed E-state index contributed by atoms with van der Waals surface area (Å²) in [6.07, 6.45) is 0. The minimum Gasteiger partial charge on any atom is -0.489 e. The summed E-state index contributed by atoms with van der Waals surface area (Å²) in [6.45, 7) is 6.63. The van der Waals surface area contributed by atoms with Crippen LogP contribution in [0.3, 0.4) is 0 Å². The van der Waals surface area contributed by atoms with Gasteiger partial charge in [0.05, 0.1) is 4.90 Å². The van der Waals surface area contributed by atoms with Crippen molar-refractivity contribution in [3.8, 4) is 5.75 Å². The smallest absolute Gasteiger partial charge is 0.261 e. The Bertz CT molecular complexity index is 727. The lowest BCUT2D eigenvalue weighted by molar-refractivity contribution is 0.304. The third-order valence-corrected chi connectivity index (χ3v) is 4.70. The lowest BCUT2D eigenvalue weighted by atomic mass is 10.0. The number of benzene rings is 2. The minimum atomic E-state index is -3.69. The van der Waals surface area contributed by atoms with E-state index in [1.165, 1.54) is 28.8 Å². The molecule has 0 atom stereocenters. The summed E-state index contributed by atoms with van der Waals surface area (Å²) in [5.41, 5.74) is 4.75. The van der Waals surface area contributed by atoms with Gasteiger partial charge in [-0.2, -0.15) is 0 Å². The zero-order chi connectivity index (χ0) is 15.6. The van der Waals surface area contributed by atoms with Crippen LogP contribution in [0.5, 0.6) is 5.75 Å². The molecule has 0 aliphatic carbocycles. The summed E-state index contributed by atoms with van der Waals surface area (Å²) in [5, 5.41) is 0. The summed E-state index contributed by atoms with van der Waals surface area (Å²) in [4.78, 5) is 0.0687. The molecule has 0 fully saturated rings. The van der Waals surface area contributed by atoms with Gasteiger partial charge in [0.15, 0.2) is 0 Å². The molecule has 0 bridgehead atoms. The van der Waals surface area contributed by atoms with Gasteiger partial charge in [0, 0.05) is 10.7 Å². The van der Waals surface area contributed by atoms with Gasteiger partial charge in [0.25, 0.3) is 9.05 Å². The van der Waals surface area contributed by atoms with Crippen LogP contribution >= 0.6 is 10.7 Å². The molecule has 0 saturated carbocycles. The maximum atomic E-state index is 11.2. The van der Waals surface area contributed by atoms with E-state index in [1.807, 2.05) is 0 Å². The van der Waals surface area contributed by atoms with Gasteiger partial charge in [0.2, 0.25) is 0 Å². The van der Waals surface area contributed by atoms with Gasteiger partial charge in [-0.1, -0.05) is 17.7 Å². The number of rotatable bonds is 4. The SMILES string of the molecule is Cc1cc(C)c(COc2ccc(S(=O)(=O)Cl)cc2)c(C)c1. The van der Waals surface area contributed by atoms with Gasteiger partial charge < -0.3 is 4.74 Å². The Morgan fingerprint density at radius 3 is 2.00 bits per heavy atom. The second kappa shape index (κ2) is 6.08. The Balaban J connectivity index is 2.14. The lowest BCUT2D eigenvalue weighted by Gasteiger charge is -2.13. The summed E-state index contributed by atoms with van der Waals surface area (Å²) in [5.74, 6) is 0.610. The molecule has 0 aromatic heterocycles. The Kier molecular flexibility index (Phi) is 4.59. The zero-order valence-corrected chi connectivity index (χ0v) is 13.8. The highest BCUT2D eigenvalue weighted by atomic mass is 35.7. The molecule has 2 aromatic carbocycles. The maximum Gasteiger partial charge on any atom is 0.261 e. The molecule has 2 aromatic rings. The molecule has 0 N–H and O–H groups in total. The summed E-state index contributed by atoms with van der Waals surface area (Å²) in [7, 11) is 1.58. The Hall–Kier alpha value is -1.52. The van der Waals surface area contributed by atoms with Gasteiger partial charge >= 0.3 is 0 Å². The predicted octanol–water partition coefficient (Wildman–Crippen LogP) is 4.12. The van der Waals surface area contributed by atoms with Gasteiger partial charge in [-0.3, -0.25) is 0 Å². The first-order valence-corrected chi connectivity index (χ1v) is 8.82. The van der Waals surface area contributed by atoms with E-state index in [1.54, 1.807) is 12.1 Å². The monoisotopic (exact) mass is 324 g/mol. The molecule has 0 unspecified atom stereocenters. The van der Waals surface area contributed by atoms with Crippen molar-refractivity contribution in [2.45, 2.75) is 32.3 Å². The quantitative estimate of drug-likeness (QED) is 0.795.